The molecule has 0 radical (unpaired) electrons. The van der Waals surface area contributed by atoms with Gasteiger partial charge in [0.25, 0.3) is 0 Å². The molecule has 4 rings (SSSR count). The molecule has 2 atom stereocenters. The van der Waals surface area contributed by atoms with Gasteiger partial charge in [-0.1, -0.05) is 72.8 Å². The molecular formula is C28H23F3N2O4. The van der Waals surface area contributed by atoms with Gasteiger partial charge in [0.05, 0.1) is 12.2 Å². The molecule has 3 aromatic carbocycles. The van der Waals surface area contributed by atoms with Gasteiger partial charge in [-0.05, 0) is 41.8 Å². The molecule has 1 aromatic heterocycles. The summed E-state index contributed by atoms with van der Waals surface area (Å²) in [5, 5.41) is 10.4. The predicted molar refractivity (Wildman–Crippen MR) is 129 cm³/mol. The van der Waals surface area contributed by atoms with Crippen molar-refractivity contribution in [3.05, 3.63) is 125 Å². The van der Waals surface area contributed by atoms with Gasteiger partial charge in [-0.2, -0.15) is 13.2 Å². The van der Waals surface area contributed by atoms with Gasteiger partial charge >= 0.3 is 18.2 Å². The van der Waals surface area contributed by atoms with Crippen molar-refractivity contribution in [2.75, 3.05) is 0 Å². The SMILES string of the molecule is Cc1ccnc(O[C@H](C(=O)O)[C@](OCc2ccccc2)(c2ccccc2)c2ccc(C(F)(F)F)cc2)n1. The van der Waals surface area contributed by atoms with Crippen LogP contribution in [0.2, 0.25) is 0 Å². The number of nitrogens with zero attached hydrogens (tertiary/aromatic N) is 2. The molecule has 0 fully saturated rings. The van der Waals surface area contributed by atoms with E-state index in [4.69, 9.17) is 9.47 Å². The predicted octanol–water partition coefficient (Wildman–Crippen LogP) is 5.80. The second-order valence-electron chi connectivity index (χ2n) is 8.27. The zero-order chi connectivity index (χ0) is 26.5. The fraction of sp³-hybridized carbons (Fsp3) is 0.179. The third kappa shape index (κ3) is 5.78. The number of aryl methyl sites for hydroxylation is 1. The van der Waals surface area contributed by atoms with Gasteiger partial charge in [-0.25, -0.2) is 14.8 Å². The number of carboxylic acid groups (broad SMARTS) is 1. The first kappa shape index (κ1) is 25.8. The normalized spacial score (nSPS) is 13.9. The average Bonchev–Trinajstić information content (AvgIpc) is 2.89. The lowest BCUT2D eigenvalue weighted by Crippen LogP contribution is -2.51. The summed E-state index contributed by atoms with van der Waals surface area (Å²) >= 11 is 0. The number of rotatable bonds is 9. The molecule has 0 bridgehead atoms. The van der Waals surface area contributed by atoms with Crippen LogP contribution in [0, 0.1) is 6.92 Å². The van der Waals surface area contributed by atoms with Crippen LogP contribution in [0.25, 0.3) is 0 Å². The summed E-state index contributed by atoms with van der Waals surface area (Å²) in [5.74, 6) is -1.41. The van der Waals surface area contributed by atoms with Gasteiger partial charge < -0.3 is 14.6 Å². The smallest absolute Gasteiger partial charge is 0.416 e. The van der Waals surface area contributed by atoms with Crippen LogP contribution < -0.4 is 4.74 Å². The Kier molecular flexibility index (Phi) is 7.54. The molecule has 190 valence electrons. The second-order valence-corrected chi connectivity index (χ2v) is 8.27. The highest BCUT2D eigenvalue weighted by Crippen LogP contribution is 2.41. The summed E-state index contributed by atoms with van der Waals surface area (Å²) in [7, 11) is 0. The van der Waals surface area contributed by atoms with Crippen LogP contribution in [0.4, 0.5) is 13.2 Å². The summed E-state index contributed by atoms with van der Waals surface area (Å²) in [6.45, 7) is 1.63. The number of hydrogen-bond donors (Lipinski definition) is 1. The Morgan fingerprint density at radius 3 is 2.00 bits per heavy atom. The molecule has 6 nitrogen and oxygen atoms in total. The molecule has 9 heteroatoms. The third-order valence-electron chi connectivity index (χ3n) is 5.74. The van der Waals surface area contributed by atoms with Crippen LogP contribution in [0.1, 0.15) is 27.9 Å². The summed E-state index contributed by atoms with van der Waals surface area (Å²) in [5.41, 5.74) is -0.963. The number of halogens is 3. The minimum atomic E-state index is -4.57. The van der Waals surface area contributed by atoms with Gasteiger partial charge in [0.2, 0.25) is 6.10 Å². The van der Waals surface area contributed by atoms with E-state index in [0.717, 1.165) is 17.7 Å². The first-order valence-corrected chi connectivity index (χ1v) is 11.3. The number of aromatic nitrogens is 2. The highest BCUT2D eigenvalue weighted by molar-refractivity contribution is 5.76. The zero-order valence-corrected chi connectivity index (χ0v) is 19.7. The van der Waals surface area contributed by atoms with Crippen molar-refractivity contribution < 1.29 is 32.5 Å². The van der Waals surface area contributed by atoms with Crippen LogP contribution in [-0.4, -0.2) is 27.1 Å². The number of carbonyl (C=O) groups is 1. The number of aliphatic carboxylic acids is 1. The molecule has 0 aliphatic rings. The number of ether oxygens (including phenoxy) is 2. The van der Waals surface area contributed by atoms with E-state index in [-0.39, 0.29) is 18.2 Å². The van der Waals surface area contributed by atoms with Crippen LogP contribution in [0.15, 0.2) is 97.2 Å². The van der Waals surface area contributed by atoms with Crippen LogP contribution in [-0.2, 0) is 27.9 Å². The molecule has 1 N–H and O–H groups in total. The lowest BCUT2D eigenvalue weighted by Gasteiger charge is -2.39. The van der Waals surface area contributed by atoms with E-state index in [1.54, 1.807) is 67.6 Å². The fourth-order valence-electron chi connectivity index (χ4n) is 3.97. The minimum Gasteiger partial charge on any atom is -0.478 e. The van der Waals surface area contributed by atoms with E-state index >= 15 is 0 Å². The lowest BCUT2D eigenvalue weighted by molar-refractivity contribution is -0.166. The van der Waals surface area contributed by atoms with Crippen molar-refractivity contribution in [1.82, 2.24) is 9.97 Å². The first-order valence-electron chi connectivity index (χ1n) is 11.3. The minimum absolute atomic E-state index is 0.0570. The Morgan fingerprint density at radius 2 is 1.43 bits per heavy atom. The molecule has 0 aliphatic heterocycles. The fourth-order valence-corrected chi connectivity index (χ4v) is 3.97. The maximum Gasteiger partial charge on any atom is 0.416 e. The van der Waals surface area contributed by atoms with E-state index in [2.05, 4.69) is 9.97 Å². The Balaban J connectivity index is 1.92. The van der Waals surface area contributed by atoms with E-state index in [1.807, 2.05) is 6.07 Å². The maximum absolute atomic E-state index is 13.4. The Hall–Kier alpha value is -4.24. The summed E-state index contributed by atoms with van der Waals surface area (Å²) in [4.78, 5) is 21.0. The van der Waals surface area contributed by atoms with Gasteiger partial charge in [0.15, 0.2) is 5.60 Å². The number of alkyl halides is 3. The van der Waals surface area contributed by atoms with Crippen LogP contribution >= 0.6 is 0 Å². The van der Waals surface area contributed by atoms with Crippen molar-refractivity contribution in [3.63, 3.8) is 0 Å². The van der Waals surface area contributed by atoms with Crippen molar-refractivity contribution in [2.45, 2.75) is 31.4 Å². The topological polar surface area (TPSA) is 81.5 Å². The van der Waals surface area contributed by atoms with E-state index in [1.165, 1.54) is 18.3 Å². The summed E-state index contributed by atoms with van der Waals surface area (Å²) < 4.78 is 52.3. The number of benzene rings is 3. The van der Waals surface area contributed by atoms with Crippen molar-refractivity contribution in [1.29, 1.82) is 0 Å². The van der Waals surface area contributed by atoms with Gasteiger partial charge in [-0.3, -0.25) is 0 Å². The molecule has 0 saturated heterocycles. The van der Waals surface area contributed by atoms with E-state index < -0.39 is 29.4 Å². The van der Waals surface area contributed by atoms with Crippen molar-refractivity contribution >= 4 is 5.97 Å². The molecule has 37 heavy (non-hydrogen) atoms. The zero-order valence-electron chi connectivity index (χ0n) is 19.7. The molecule has 0 unspecified atom stereocenters. The monoisotopic (exact) mass is 508 g/mol. The molecule has 0 saturated carbocycles. The second kappa shape index (κ2) is 10.8. The highest BCUT2D eigenvalue weighted by Gasteiger charge is 2.50. The molecule has 0 amide bonds. The Bertz CT molecular complexity index is 1330. The summed E-state index contributed by atoms with van der Waals surface area (Å²) in [6, 6.07) is 23.0. The third-order valence-corrected chi connectivity index (χ3v) is 5.74. The molecular weight excluding hydrogens is 485 g/mol. The maximum atomic E-state index is 13.4. The number of carboxylic acids is 1. The molecule has 0 aliphatic carbocycles. The van der Waals surface area contributed by atoms with Crippen molar-refractivity contribution in [3.8, 4) is 6.01 Å². The molecule has 4 aromatic rings. The van der Waals surface area contributed by atoms with Crippen LogP contribution in [0.5, 0.6) is 6.01 Å². The molecule has 0 spiro atoms. The Morgan fingerprint density at radius 1 is 0.865 bits per heavy atom. The first-order chi connectivity index (χ1) is 17.7. The van der Waals surface area contributed by atoms with E-state index in [0.29, 0.717) is 11.3 Å². The Labute approximate surface area is 211 Å². The highest BCUT2D eigenvalue weighted by atomic mass is 19.4. The van der Waals surface area contributed by atoms with Crippen molar-refractivity contribution in [2.24, 2.45) is 0 Å². The average molecular weight is 508 g/mol. The van der Waals surface area contributed by atoms with E-state index in [9.17, 15) is 23.1 Å². The lowest BCUT2D eigenvalue weighted by atomic mass is 9.80. The van der Waals surface area contributed by atoms with Gasteiger partial charge in [0, 0.05) is 11.9 Å². The van der Waals surface area contributed by atoms with Gasteiger partial charge in [-0.15, -0.1) is 0 Å². The standard InChI is InChI=1S/C28H23F3N2O4/c1-19-16-17-32-26(33-19)37-24(25(34)35)27(21-10-6-3-7-11-21,36-18-20-8-4-2-5-9-20)22-12-14-23(15-13-22)28(29,30)31/h2-17,24H,18H2,1H3,(H,34,35)/t24-,27+/m1/s1. The number of hydrogen-bond acceptors (Lipinski definition) is 5. The molecule has 1 heterocycles. The van der Waals surface area contributed by atoms with Gasteiger partial charge in [0.1, 0.15) is 0 Å². The summed E-state index contributed by atoms with van der Waals surface area (Å²) in [6.07, 6.45) is -4.92. The quantitative estimate of drug-likeness (QED) is 0.308. The van der Waals surface area contributed by atoms with Crippen LogP contribution in [0.3, 0.4) is 0 Å². The largest absolute Gasteiger partial charge is 0.478 e.